The number of carbonyl (C=O) groups is 2. The molecule has 1 aromatic carbocycles. The fourth-order valence-electron chi connectivity index (χ4n) is 2.91. The Hall–Kier alpha value is -1.66. The van der Waals surface area contributed by atoms with Gasteiger partial charge in [-0.25, -0.2) is 0 Å². The second kappa shape index (κ2) is 6.45. The second-order valence-electron chi connectivity index (χ2n) is 5.88. The van der Waals surface area contributed by atoms with E-state index in [0.29, 0.717) is 22.0 Å². The van der Waals surface area contributed by atoms with Crippen LogP contribution in [0.5, 0.6) is 0 Å². The van der Waals surface area contributed by atoms with Crippen molar-refractivity contribution in [1.29, 1.82) is 0 Å². The van der Waals surface area contributed by atoms with Crippen LogP contribution in [0.2, 0.25) is 0 Å². The van der Waals surface area contributed by atoms with Gasteiger partial charge in [0.1, 0.15) is 5.00 Å². The van der Waals surface area contributed by atoms with E-state index in [4.69, 9.17) is 5.73 Å². The first kappa shape index (κ1) is 16.2. The zero-order valence-corrected chi connectivity index (χ0v) is 15.1. The van der Waals surface area contributed by atoms with Crippen molar-refractivity contribution in [2.45, 2.75) is 26.2 Å². The molecule has 2 aromatic rings. The summed E-state index contributed by atoms with van der Waals surface area (Å²) in [7, 11) is 0. The molecule has 1 atom stereocenters. The van der Waals surface area contributed by atoms with Gasteiger partial charge in [-0.3, -0.25) is 9.59 Å². The lowest BCUT2D eigenvalue weighted by atomic mass is 9.87. The Labute approximate surface area is 147 Å². The summed E-state index contributed by atoms with van der Waals surface area (Å²) in [4.78, 5) is 25.5. The van der Waals surface area contributed by atoms with E-state index in [2.05, 4.69) is 28.2 Å². The predicted octanol–water partition coefficient (Wildman–Crippen LogP) is 3.99. The standard InChI is InChI=1S/C17H17BrN2O2S/c1-9-5-6-13-12(7-9)14(15(19)21)17(23-13)20-16(22)10-3-2-4-11(18)8-10/h2-4,8-9H,5-7H2,1H3,(H2,19,21)(H,20,22)/t9-/m1/s1. The highest BCUT2D eigenvalue weighted by Gasteiger charge is 2.27. The number of carbonyl (C=O) groups excluding carboxylic acids is 2. The molecule has 3 rings (SSSR count). The minimum atomic E-state index is -0.471. The number of thiophene rings is 1. The van der Waals surface area contributed by atoms with Crippen molar-refractivity contribution in [3.05, 3.63) is 50.3 Å². The molecular formula is C17H17BrN2O2S. The summed E-state index contributed by atoms with van der Waals surface area (Å²) < 4.78 is 0.833. The van der Waals surface area contributed by atoms with Gasteiger partial charge in [0.05, 0.1) is 5.56 Å². The van der Waals surface area contributed by atoms with Crippen molar-refractivity contribution >= 4 is 44.1 Å². The topological polar surface area (TPSA) is 72.2 Å². The van der Waals surface area contributed by atoms with Crippen LogP contribution in [-0.4, -0.2) is 11.8 Å². The van der Waals surface area contributed by atoms with Gasteiger partial charge >= 0.3 is 0 Å². The summed E-state index contributed by atoms with van der Waals surface area (Å²) in [6.45, 7) is 2.17. The molecule has 6 heteroatoms. The lowest BCUT2D eigenvalue weighted by Gasteiger charge is -2.18. The molecule has 0 saturated carbocycles. The number of aryl methyl sites for hydroxylation is 1. The summed E-state index contributed by atoms with van der Waals surface area (Å²) in [5.74, 6) is -0.176. The molecule has 2 amide bonds. The van der Waals surface area contributed by atoms with Crippen molar-refractivity contribution in [3.8, 4) is 0 Å². The van der Waals surface area contributed by atoms with Crippen LogP contribution in [0.4, 0.5) is 5.00 Å². The maximum atomic E-state index is 12.4. The fraction of sp³-hybridized carbons (Fsp3) is 0.294. The third-order valence-electron chi connectivity index (χ3n) is 4.07. The number of halogens is 1. The highest BCUT2D eigenvalue weighted by Crippen LogP contribution is 2.39. The molecule has 3 N–H and O–H groups in total. The Morgan fingerprint density at radius 1 is 1.39 bits per heavy atom. The van der Waals surface area contributed by atoms with Crippen molar-refractivity contribution < 1.29 is 9.59 Å². The second-order valence-corrected chi connectivity index (χ2v) is 7.91. The summed E-state index contributed by atoms with van der Waals surface area (Å²) in [6, 6.07) is 7.14. The van der Waals surface area contributed by atoms with Gasteiger partial charge in [-0.05, 0) is 48.9 Å². The number of benzene rings is 1. The molecule has 0 unspecified atom stereocenters. The molecule has 120 valence electrons. The molecule has 4 nitrogen and oxygen atoms in total. The van der Waals surface area contributed by atoms with Gasteiger partial charge in [0, 0.05) is 14.9 Å². The van der Waals surface area contributed by atoms with Crippen molar-refractivity contribution in [3.63, 3.8) is 0 Å². The molecule has 23 heavy (non-hydrogen) atoms. The molecule has 0 spiro atoms. The normalized spacial score (nSPS) is 16.7. The number of rotatable bonds is 3. The first-order valence-corrected chi connectivity index (χ1v) is 9.08. The van der Waals surface area contributed by atoms with Gasteiger partial charge in [0.15, 0.2) is 0 Å². The molecule has 0 fully saturated rings. The molecule has 0 radical (unpaired) electrons. The first-order valence-electron chi connectivity index (χ1n) is 7.47. The quantitative estimate of drug-likeness (QED) is 0.828. The summed E-state index contributed by atoms with van der Waals surface area (Å²) in [5, 5.41) is 3.44. The van der Waals surface area contributed by atoms with Crippen LogP contribution in [0.3, 0.4) is 0 Å². The number of nitrogens with two attached hydrogens (primary N) is 1. The maximum Gasteiger partial charge on any atom is 0.256 e. The van der Waals surface area contributed by atoms with Gasteiger partial charge in [-0.2, -0.15) is 0 Å². The Balaban J connectivity index is 1.94. The number of hydrogen-bond acceptors (Lipinski definition) is 3. The van der Waals surface area contributed by atoms with Crippen LogP contribution < -0.4 is 11.1 Å². The monoisotopic (exact) mass is 392 g/mol. The molecule has 0 aliphatic heterocycles. The van der Waals surface area contributed by atoms with Gasteiger partial charge < -0.3 is 11.1 Å². The van der Waals surface area contributed by atoms with Gasteiger partial charge in [0.25, 0.3) is 11.8 Å². The number of amides is 2. The number of hydrogen-bond donors (Lipinski definition) is 2. The zero-order chi connectivity index (χ0) is 16.6. The largest absolute Gasteiger partial charge is 0.365 e. The number of nitrogens with one attached hydrogen (secondary N) is 1. The molecular weight excluding hydrogens is 376 g/mol. The summed E-state index contributed by atoms with van der Waals surface area (Å²) >= 11 is 4.83. The van der Waals surface area contributed by atoms with E-state index in [1.807, 2.05) is 6.07 Å². The lowest BCUT2D eigenvalue weighted by Crippen LogP contribution is -2.19. The van der Waals surface area contributed by atoms with Gasteiger partial charge in [0.2, 0.25) is 0 Å². The van der Waals surface area contributed by atoms with Crippen LogP contribution in [-0.2, 0) is 12.8 Å². The maximum absolute atomic E-state index is 12.4. The Kier molecular flexibility index (Phi) is 4.55. The minimum absolute atomic E-state index is 0.236. The van der Waals surface area contributed by atoms with Crippen molar-refractivity contribution in [2.75, 3.05) is 5.32 Å². The third kappa shape index (κ3) is 3.33. The average Bonchev–Trinajstić information content (AvgIpc) is 2.84. The molecule has 1 aliphatic rings. The fourth-order valence-corrected chi connectivity index (χ4v) is 4.56. The molecule has 1 aromatic heterocycles. The minimum Gasteiger partial charge on any atom is -0.365 e. The number of fused-ring (bicyclic) bond motifs is 1. The van der Waals surface area contributed by atoms with E-state index in [1.54, 1.807) is 18.2 Å². The molecule has 0 saturated heterocycles. The zero-order valence-electron chi connectivity index (χ0n) is 12.7. The van der Waals surface area contributed by atoms with E-state index in [9.17, 15) is 9.59 Å². The summed E-state index contributed by atoms with van der Waals surface area (Å²) in [5.41, 5.74) is 7.62. The van der Waals surface area contributed by atoms with Gasteiger partial charge in [-0.1, -0.05) is 28.9 Å². The van der Waals surface area contributed by atoms with Crippen molar-refractivity contribution in [2.24, 2.45) is 11.7 Å². The summed E-state index contributed by atoms with van der Waals surface area (Å²) in [6.07, 6.45) is 2.88. The van der Waals surface area contributed by atoms with Gasteiger partial charge in [-0.15, -0.1) is 11.3 Å². The Morgan fingerprint density at radius 3 is 2.87 bits per heavy atom. The van der Waals surface area contributed by atoms with E-state index in [-0.39, 0.29) is 5.91 Å². The highest BCUT2D eigenvalue weighted by atomic mass is 79.9. The molecule has 0 bridgehead atoms. The van der Waals surface area contributed by atoms with Crippen LogP contribution in [0.15, 0.2) is 28.7 Å². The van der Waals surface area contributed by atoms with Crippen molar-refractivity contribution in [1.82, 2.24) is 0 Å². The Bertz CT molecular complexity index is 785. The highest BCUT2D eigenvalue weighted by molar-refractivity contribution is 9.10. The van der Waals surface area contributed by atoms with Crippen LogP contribution in [0, 0.1) is 5.92 Å². The number of anilines is 1. The van der Waals surface area contributed by atoms with E-state index < -0.39 is 5.91 Å². The van der Waals surface area contributed by atoms with E-state index in [1.165, 1.54) is 16.2 Å². The smallest absolute Gasteiger partial charge is 0.256 e. The van der Waals surface area contributed by atoms with E-state index in [0.717, 1.165) is 29.3 Å². The Morgan fingerprint density at radius 2 is 2.17 bits per heavy atom. The SMILES string of the molecule is C[C@@H]1CCc2sc(NC(=O)c3cccc(Br)c3)c(C(N)=O)c2C1. The van der Waals surface area contributed by atoms with Crippen LogP contribution in [0.1, 0.15) is 44.5 Å². The molecule has 1 aliphatic carbocycles. The van der Waals surface area contributed by atoms with E-state index >= 15 is 0 Å². The number of primary amides is 1. The first-order chi connectivity index (χ1) is 11.0. The molecule has 1 heterocycles. The van der Waals surface area contributed by atoms with Crippen LogP contribution >= 0.6 is 27.3 Å². The average molecular weight is 393 g/mol. The predicted molar refractivity (Wildman–Crippen MR) is 96.1 cm³/mol. The lowest BCUT2D eigenvalue weighted by molar-refractivity contribution is 0.1000. The van der Waals surface area contributed by atoms with Crippen LogP contribution in [0.25, 0.3) is 0 Å². The third-order valence-corrected chi connectivity index (χ3v) is 5.77.